The van der Waals surface area contributed by atoms with Crippen molar-refractivity contribution >= 4 is 22.4 Å². The van der Waals surface area contributed by atoms with Gasteiger partial charge in [-0.1, -0.05) is 61.5 Å². The minimum absolute atomic E-state index is 0.126. The van der Waals surface area contributed by atoms with Crippen molar-refractivity contribution in [3.8, 4) is 0 Å². The van der Waals surface area contributed by atoms with Crippen molar-refractivity contribution in [1.29, 1.82) is 0 Å². The summed E-state index contributed by atoms with van der Waals surface area (Å²) in [6.07, 6.45) is 1.56. The minimum atomic E-state index is 0.126. The van der Waals surface area contributed by atoms with Gasteiger partial charge in [-0.05, 0) is 39.9 Å². The Morgan fingerprint density at radius 3 is 2.50 bits per heavy atom. The molecule has 0 radical (unpaired) electrons. The number of benzene rings is 3. The predicted molar refractivity (Wildman–Crippen MR) is 99.6 cm³/mol. The van der Waals surface area contributed by atoms with Gasteiger partial charge in [-0.25, -0.2) is 0 Å². The zero-order chi connectivity index (χ0) is 16.7. The number of fused-ring (bicyclic) bond motifs is 3. The number of anilines is 1. The SMILES string of the molecule is CCc1ccc(C2CC(=O)N(C)c3ccc4ccccc4c32)cc1. The van der Waals surface area contributed by atoms with E-state index in [9.17, 15) is 4.79 Å². The van der Waals surface area contributed by atoms with E-state index in [1.807, 2.05) is 7.05 Å². The molecule has 0 saturated heterocycles. The van der Waals surface area contributed by atoms with Gasteiger partial charge in [0.1, 0.15) is 0 Å². The van der Waals surface area contributed by atoms with E-state index in [0.717, 1.165) is 12.1 Å². The van der Waals surface area contributed by atoms with Crippen LogP contribution in [0.4, 0.5) is 5.69 Å². The van der Waals surface area contributed by atoms with Crippen LogP contribution in [0.1, 0.15) is 36.0 Å². The Bertz CT molecular complexity index is 911. The van der Waals surface area contributed by atoms with Crippen molar-refractivity contribution in [2.75, 3.05) is 11.9 Å². The van der Waals surface area contributed by atoms with Crippen LogP contribution in [0, 0.1) is 0 Å². The number of carbonyl (C=O) groups is 1. The van der Waals surface area contributed by atoms with Crippen LogP contribution in [0.5, 0.6) is 0 Å². The molecule has 120 valence electrons. The fourth-order valence-electron chi connectivity index (χ4n) is 3.76. The summed E-state index contributed by atoms with van der Waals surface area (Å²) >= 11 is 0. The molecule has 1 aliphatic rings. The van der Waals surface area contributed by atoms with Gasteiger partial charge in [-0.2, -0.15) is 0 Å². The summed E-state index contributed by atoms with van der Waals surface area (Å²) in [4.78, 5) is 14.3. The monoisotopic (exact) mass is 315 g/mol. The summed E-state index contributed by atoms with van der Waals surface area (Å²) in [5.41, 5.74) is 4.87. The third-order valence-electron chi connectivity index (χ3n) is 5.20. The van der Waals surface area contributed by atoms with Crippen LogP contribution in [0.15, 0.2) is 60.7 Å². The molecule has 3 aromatic rings. The Balaban J connectivity index is 1.94. The highest BCUT2D eigenvalue weighted by Gasteiger charge is 2.31. The van der Waals surface area contributed by atoms with Gasteiger partial charge in [0.05, 0.1) is 0 Å². The zero-order valence-electron chi connectivity index (χ0n) is 14.1. The number of rotatable bonds is 2. The highest BCUT2D eigenvalue weighted by molar-refractivity contribution is 6.02. The van der Waals surface area contributed by atoms with Crippen LogP contribution in [0.3, 0.4) is 0 Å². The van der Waals surface area contributed by atoms with Crippen LogP contribution in [0.25, 0.3) is 10.8 Å². The lowest BCUT2D eigenvalue weighted by Crippen LogP contribution is -2.33. The Morgan fingerprint density at radius 1 is 1.00 bits per heavy atom. The van der Waals surface area contributed by atoms with Crippen LogP contribution in [-0.2, 0) is 11.2 Å². The molecule has 0 saturated carbocycles. The smallest absolute Gasteiger partial charge is 0.227 e. The molecule has 0 spiro atoms. The lowest BCUT2D eigenvalue weighted by atomic mass is 9.81. The van der Waals surface area contributed by atoms with Crippen LogP contribution in [0.2, 0.25) is 0 Å². The molecule has 24 heavy (non-hydrogen) atoms. The second kappa shape index (κ2) is 5.79. The number of amides is 1. The molecule has 1 amide bonds. The van der Waals surface area contributed by atoms with Gasteiger partial charge in [-0.3, -0.25) is 4.79 Å². The molecule has 3 aromatic carbocycles. The molecule has 2 heteroatoms. The van der Waals surface area contributed by atoms with E-state index in [-0.39, 0.29) is 11.8 Å². The lowest BCUT2D eigenvalue weighted by molar-refractivity contribution is -0.118. The fraction of sp³-hybridized carbons (Fsp3) is 0.227. The standard InChI is InChI=1S/C22H21NO/c1-3-15-8-10-17(11-9-15)19-14-21(24)23(2)20-13-12-16-6-4-5-7-18(16)22(19)20/h4-13,19H,3,14H2,1-2H3. The summed E-state index contributed by atoms with van der Waals surface area (Å²) in [7, 11) is 1.88. The fourth-order valence-corrected chi connectivity index (χ4v) is 3.76. The van der Waals surface area contributed by atoms with E-state index in [4.69, 9.17) is 0 Å². The molecule has 0 aromatic heterocycles. The number of aryl methyl sites for hydroxylation is 1. The molecule has 0 N–H and O–H groups in total. The molecule has 1 heterocycles. The molecule has 0 bridgehead atoms. The molecular formula is C22H21NO. The highest BCUT2D eigenvalue weighted by Crippen LogP contribution is 2.43. The number of nitrogens with zero attached hydrogens (tertiary/aromatic N) is 1. The third-order valence-corrected chi connectivity index (χ3v) is 5.20. The largest absolute Gasteiger partial charge is 0.315 e. The van der Waals surface area contributed by atoms with Gasteiger partial charge in [0.25, 0.3) is 0 Å². The first-order valence-electron chi connectivity index (χ1n) is 8.56. The van der Waals surface area contributed by atoms with Crippen LogP contribution >= 0.6 is 0 Å². The summed E-state index contributed by atoms with van der Waals surface area (Å²) in [5.74, 6) is 0.308. The Labute approximate surface area is 142 Å². The summed E-state index contributed by atoms with van der Waals surface area (Å²) in [6.45, 7) is 2.16. The van der Waals surface area contributed by atoms with E-state index in [1.165, 1.54) is 27.5 Å². The molecular weight excluding hydrogens is 294 g/mol. The molecule has 0 fully saturated rings. The maximum atomic E-state index is 12.5. The van der Waals surface area contributed by atoms with Crippen molar-refractivity contribution < 1.29 is 4.79 Å². The van der Waals surface area contributed by atoms with Gasteiger partial charge in [-0.15, -0.1) is 0 Å². The molecule has 1 aliphatic heterocycles. The van der Waals surface area contributed by atoms with Crippen molar-refractivity contribution in [2.45, 2.75) is 25.7 Å². The van der Waals surface area contributed by atoms with Crippen molar-refractivity contribution in [1.82, 2.24) is 0 Å². The van der Waals surface area contributed by atoms with Crippen molar-refractivity contribution in [2.24, 2.45) is 0 Å². The first-order valence-corrected chi connectivity index (χ1v) is 8.56. The number of carbonyl (C=O) groups excluding carboxylic acids is 1. The Hall–Kier alpha value is -2.61. The van der Waals surface area contributed by atoms with Gasteiger partial charge in [0.15, 0.2) is 0 Å². The zero-order valence-corrected chi connectivity index (χ0v) is 14.1. The van der Waals surface area contributed by atoms with Gasteiger partial charge in [0, 0.05) is 25.1 Å². The number of hydrogen-bond donors (Lipinski definition) is 0. The third kappa shape index (κ3) is 2.30. The average Bonchev–Trinajstić information content (AvgIpc) is 2.64. The molecule has 1 unspecified atom stereocenters. The van der Waals surface area contributed by atoms with E-state index >= 15 is 0 Å². The normalized spacial score (nSPS) is 17.2. The maximum absolute atomic E-state index is 12.5. The van der Waals surface area contributed by atoms with E-state index < -0.39 is 0 Å². The maximum Gasteiger partial charge on any atom is 0.227 e. The highest BCUT2D eigenvalue weighted by atomic mass is 16.2. The molecule has 4 rings (SSSR count). The van der Waals surface area contributed by atoms with E-state index in [1.54, 1.807) is 4.90 Å². The van der Waals surface area contributed by atoms with Gasteiger partial charge < -0.3 is 4.90 Å². The predicted octanol–water partition coefficient (Wildman–Crippen LogP) is 4.90. The quantitative estimate of drug-likeness (QED) is 0.658. The number of hydrogen-bond acceptors (Lipinski definition) is 1. The Kier molecular flexibility index (Phi) is 3.61. The van der Waals surface area contributed by atoms with Crippen molar-refractivity contribution in [3.05, 3.63) is 77.4 Å². The first kappa shape index (κ1) is 14.9. The first-order chi connectivity index (χ1) is 11.7. The van der Waals surface area contributed by atoms with Crippen LogP contribution < -0.4 is 4.90 Å². The summed E-state index contributed by atoms with van der Waals surface area (Å²) in [6, 6.07) is 21.4. The Morgan fingerprint density at radius 2 is 1.75 bits per heavy atom. The molecule has 2 nitrogen and oxygen atoms in total. The van der Waals surface area contributed by atoms with E-state index in [0.29, 0.717) is 6.42 Å². The summed E-state index contributed by atoms with van der Waals surface area (Å²) in [5, 5.41) is 2.48. The molecule has 1 atom stereocenters. The topological polar surface area (TPSA) is 20.3 Å². The van der Waals surface area contributed by atoms with E-state index in [2.05, 4.69) is 67.6 Å². The lowest BCUT2D eigenvalue weighted by Gasteiger charge is -2.33. The second-order valence-corrected chi connectivity index (χ2v) is 6.52. The minimum Gasteiger partial charge on any atom is -0.315 e. The van der Waals surface area contributed by atoms with Gasteiger partial charge >= 0.3 is 0 Å². The van der Waals surface area contributed by atoms with Crippen molar-refractivity contribution in [3.63, 3.8) is 0 Å². The van der Waals surface area contributed by atoms with Crippen LogP contribution in [-0.4, -0.2) is 13.0 Å². The molecule has 0 aliphatic carbocycles. The second-order valence-electron chi connectivity index (χ2n) is 6.52. The van der Waals surface area contributed by atoms with Gasteiger partial charge in [0.2, 0.25) is 5.91 Å². The summed E-state index contributed by atoms with van der Waals surface area (Å²) < 4.78 is 0. The average molecular weight is 315 g/mol.